The van der Waals surface area contributed by atoms with Gasteiger partial charge in [0.25, 0.3) is 0 Å². The minimum Gasteiger partial charge on any atom is -0.305 e. The topological polar surface area (TPSA) is 12.9 Å². The summed E-state index contributed by atoms with van der Waals surface area (Å²) in [5, 5.41) is 0. The molecular weight excluding hydrogens is 153 g/mol. The first-order valence-corrected chi connectivity index (χ1v) is 3.85. The molecule has 0 atom stereocenters. The molecule has 0 saturated heterocycles. The van der Waals surface area contributed by atoms with Crippen molar-refractivity contribution in [3.05, 3.63) is 54.7 Å². The van der Waals surface area contributed by atoms with Crippen molar-refractivity contribution in [2.75, 3.05) is 0 Å². The minimum absolute atomic E-state index is 0. The summed E-state index contributed by atoms with van der Waals surface area (Å²) in [6, 6.07) is 16.8. The SMILES string of the molecule is [Li+].[c-]1ccccc1-c1ccccn1. The second kappa shape index (κ2) is 4.86. The van der Waals surface area contributed by atoms with E-state index in [0.29, 0.717) is 0 Å². The number of nitrogens with zero attached hydrogens (tertiary/aromatic N) is 1. The molecular formula is C11H8LiN. The van der Waals surface area contributed by atoms with Gasteiger partial charge in [0.15, 0.2) is 0 Å². The molecule has 0 radical (unpaired) electrons. The summed E-state index contributed by atoms with van der Waals surface area (Å²) in [4.78, 5) is 4.22. The monoisotopic (exact) mass is 161 g/mol. The Bertz CT molecular complexity index is 307. The normalized spacial score (nSPS) is 8.92. The van der Waals surface area contributed by atoms with Gasteiger partial charge in [-0.15, -0.1) is 35.9 Å². The van der Waals surface area contributed by atoms with Gasteiger partial charge in [-0.05, 0) is 11.8 Å². The number of benzene rings is 1. The van der Waals surface area contributed by atoms with Crippen LogP contribution in [0.5, 0.6) is 0 Å². The summed E-state index contributed by atoms with van der Waals surface area (Å²) in [5.41, 5.74) is 2.01. The number of hydrogen-bond acceptors (Lipinski definition) is 1. The molecule has 2 heteroatoms. The first-order chi connectivity index (χ1) is 5.97. The molecule has 0 N–H and O–H groups in total. The van der Waals surface area contributed by atoms with E-state index in [0.717, 1.165) is 11.3 Å². The second-order valence-electron chi connectivity index (χ2n) is 2.49. The van der Waals surface area contributed by atoms with E-state index in [4.69, 9.17) is 0 Å². The van der Waals surface area contributed by atoms with Crippen LogP contribution in [0.3, 0.4) is 0 Å². The quantitative estimate of drug-likeness (QED) is 0.408. The fourth-order valence-electron chi connectivity index (χ4n) is 1.07. The third-order valence-electron chi connectivity index (χ3n) is 1.65. The van der Waals surface area contributed by atoms with Crippen molar-refractivity contribution >= 4 is 0 Å². The molecule has 1 nitrogen and oxygen atoms in total. The van der Waals surface area contributed by atoms with Crippen LogP contribution >= 0.6 is 0 Å². The fraction of sp³-hybridized carbons (Fsp3) is 0. The van der Waals surface area contributed by atoms with Gasteiger partial charge in [-0.25, -0.2) is 0 Å². The Balaban J connectivity index is 0.000000845. The zero-order chi connectivity index (χ0) is 8.23. The van der Waals surface area contributed by atoms with Crippen LogP contribution in [0.4, 0.5) is 0 Å². The van der Waals surface area contributed by atoms with E-state index < -0.39 is 0 Å². The Hall–Kier alpha value is -1.03. The van der Waals surface area contributed by atoms with E-state index in [2.05, 4.69) is 11.1 Å². The smallest absolute Gasteiger partial charge is 0.305 e. The van der Waals surface area contributed by atoms with Gasteiger partial charge in [-0.1, -0.05) is 12.1 Å². The maximum absolute atomic E-state index is 4.22. The summed E-state index contributed by atoms with van der Waals surface area (Å²) < 4.78 is 0. The Kier molecular flexibility index (Phi) is 3.76. The predicted octanol–water partition coefficient (Wildman–Crippen LogP) is -0.447. The third kappa shape index (κ3) is 2.45. The predicted molar refractivity (Wildman–Crippen MR) is 48.5 cm³/mol. The summed E-state index contributed by atoms with van der Waals surface area (Å²) in [7, 11) is 0. The van der Waals surface area contributed by atoms with E-state index >= 15 is 0 Å². The van der Waals surface area contributed by atoms with Crippen molar-refractivity contribution in [3.8, 4) is 11.3 Å². The molecule has 2 rings (SSSR count). The standard InChI is InChI=1S/C11H8N.Li/c1-2-6-10(7-3-1)11-8-4-5-9-12-11;/h1-6,8-9H;/q-1;+1. The van der Waals surface area contributed by atoms with Gasteiger partial charge >= 0.3 is 18.9 Å². The summed E-state index contributed by atoms with van der Waals surface area (Å²) in [6.07, 6.45) is 1.79. The van der Waals surface area contributed by atoms with E-state index in [-0.39, 0.29) is 18.9 Å². The number of hydrogen-bond donors (Lipinski definition) is 0. The van der Waals surface area contributed by atoms with Gasteiger partial charge in [0.1, 0.15) is 0 Å². The molecule has 1 heterocycles. The summed E-state index contributed by atoms with van der Waals surface area (Å²) >= 11 is 0. The minimum atomic E-state index is 0. The molecule has 13 heavy (non-hydrogen) atoms. The molecule has 0 saturated carbocycles. The van der Waals surface area contributed by atoms with Crippen molar-refractivity contribution in [2.24, 2.45) is 0 Å². The summed E-state index contributed by atoms with van der Waals surface area (Å²) in [6.45, 7) is 0. The number of pyridine rings is 1. The van der Waals surface area contributed by atoms with Crippen molar-refractivity contribution in [1.82, 2.24) is 4.98 Å². The zero-order valence-electron chi connectivity index (χ0n) is 7.57. The van der Waals surface area contributed by atoms with Crippen LogP contribution < -0.4 is 18.9 Å². The molecule has 1 aromatic carbocycles. The fourth-order valence-corrected chi connectivity index (χ4v) is 1.07. The third-order valence-corrected chi connectivity index (χ3v) is 1.65. The maximum atomic E-state index is 4.22. The van der Waals surface area contributed by atoms with E-state index in [1.165, 1.54) is 0 Å². The molecule has 58 valence electrons. The van der Waals surface area contributed by atoms with E-state index in [9.17, 15) is 0 Å². The van der Waals surface area contributed by atoms with Crippen LogP contribution in [0, 0.1) is 6.07 Å². The molecule has 0 bridgehead atoms. The number of rotatable bonds is 1. The van der Waals surface area contributed by atoms with Crippen molar-refractivity contribution < 1.29 is 18.9 Å². The Labute approximate surface area is 90.0 Å². The van der Waals surface area contributed by atoms with Gasteiger partial charge in [0.05, 0.1) is 0 Å². The molecule has 0 aliphatic heterocycles. The Morgan fingerprint density at radius 1 is 1.00 bits per heavy atom. The Morgan fingerprint density at radius 2 is 1.85 bits per heavy atom. The average Bonchev–Trinajstić information content (AvgIpc) is 2.21. The van der Waals surface area contributed by atoms with Crippen LogP contribution in [0.2, 0.25) is 0 Å². The van der Waals surface area contributed by atoms with Gasteiger partial charge < -0.3 is 4.98 Å². The molecule has 1 aromatic heterocycles. The molecule has 0 aliphatic rings. The van der Waals surface area contributed by atoms with Gasteiger partial charge in [0, 0.05) is 6.20 Å². The molecule has 0 unspecified atom stereocenters. The first kappa shape index (κ1) is 10.1. The van der Waals surface area contributed by atoms with E-state index in [1.54, 1.807) is 6.20 Å². The van der Waals surface area contributed by atoms with E-state index in [1.807, 2.05) is 42.5 Å². The van der Waals surface area contributed by atoms with Crippen molar-refractivity contribution in [1.29, 1.82) is 0 Å². The van der Waals surface area contributed by atoms with Crippen LogP contribution in [-0.2, 0) is 0 Å². The van der Waals surface area contributed by atoms with Crippen LogP contribution in [0.1, 0.15) is 0 Å². The molecule has 0 spiro atoms. The van der Waals surface area contributed by atoms with Gasteiger partial charge in [-0.3, -0.25) is 0 Å². The van der Waals surface area contributed by atoms with Crippen LogP contribution in [-0.4, -0.2) is 4.98 Å². The van der Waals surface area contributed by atoms with Crippen molar-refractivity contribution in [2.45, 2.75) is 0 Å². The largest absolute Gasteiger partial charge is 1.00 e. The zero-order valence-corrected chi connectivity index (χ0v) is 7.57. The molecule has 0 fully saturated rings. The van der Waals surface area contributed by atoms with Crippen molar-refractivity contribution in [3.63, 3.8) is 0 Å². The molecule has 0 amide bonds. The average molecular weight is 161 g/mol. The number of aromatic nitrogens is 1. The second-order valence-corrected chi connectivity index (χ2v) is 2.49. The van der Waals surface area contributed by atoms with Crippen LogP contribution in [0.15, 0.2) is 48.7 Å². The summed E-state index contributed by atoms with van der Waals surface area (Å²) in [5.74, 6) is 0. The van der Waals surface area contributed by atoms with Crippen LogP contribution in [0.25, 0.3) is 11.3 Å². The molecule has 0 aliphatic carbocycles. The maximum Gasteiger partial charge on any atom is 1.00 e. The first-order valence-electron chi connectivity index (χ1n) is 3.85. The van der Waals surface area contributed by atoms with Gasteiger partial charge in [-0.2, -0.15) is 0 Å². The van der Waals surface area contributed by atoms with Gasteiger partial charge in [0.2, 0.25) is 0 Å². The Morgan fingerprint density at radius 3 is 2.46 bits per heavy atom. The molecule has 2 aromatic rings.